The number of aryl methyl sites for hydroxylation is 1. The normalized spacial score (nSPS) is 12.0. The lowest BCUT2D eigenvalue weighted by molar-refractivity contribution is 0.0939. The van der Waals surface area contributed by atoms with Gasteiger partial charge in [0.25, 0.3) is 5.91 Å². The SMILES string of the molecule is Cc1ccc(C(C)NC(=O)c2ccc(I)c(O)c2)cc1F. The molecule has 0 heterocycles. The van der Waals surface area contributed by atoms with Gasteiger partial charge in [0.05, 0.1) is 9.61 Å². The fourth-order valence-corrected chi connectivity index (χ4v) is 2.23. The minimum absolute atomic E-state index is 0.0669. The van der Waals surface area contributed by atoms with Crippen molar-refractivity contribution >= 4 is 28.5 Å². The van der Waals surface area contributed by atoms with Crippen molar-refractivity contribution < 1.29 is 14.3 Å². The van der Waals surface area contributed by atoms with Crippen molar-refractivity contribution in [1.29, 1.82) is 0 Å². The highest BCUT2D eigenvalue weighted by Crippen LogP contribution is 2.21. The Hall–Kier alpha value is -1.63. The average Bonchev–Trinajstić information content (AvgIpc) is 2.44. The smallest absolute Gasteiger partial charge is 0.251 e. The number of aromatic hydroxyl groups is 1. The third-order valence-corrected chi connectivity index (χ3v) is 4.16. The van der Waals surface area contributed by atoms with E-state index in [2.05, 4.69) is 5.32 Å². The molecule has 21 heavy (non-hydrogen) atoms. The van der Waals surface area contributed by atoms with Crippen molar-refractivity contribution in [1.82, 2.24) is 5.32 Å². The molecule has 3 nitrogen and oxygen atoms in total. The molecule has 2 aromatic carbocycles. The third-order valence-electron chi connectivity index (χ3n) is 3.25. The maximum Gasteiger partial charge on any atom is 0.251 e. The number of amides is 1. The summed E-state index contributed by atoms with van der Waals surface area (Å²) in [6, 6.07) is 9.29. The highest BCUT2D eigenvalue weighted by molar-refractivity contribution is 14.1. The molecule has 1 unspecified atom stereocenters. The molecule has 0 radical (unpaired) electrons. The molecule has 0 saturated heterocycles. The van der Waals surface area contributed by atoms with Crippen LogP contribution >= 0.6 is 22.6 Å². The summed E-state index contributed by atoms with van der Waals surface area (Å²) in [5.41, 5.74) is 1.63. The van der Waals surface area contributed by atoms with Crippen LogP contribution in [0.15, 0.2) is 36.4 Å². The Kier molecular flexibility index (Phi) is 4.82. The lowest BCUT2D eigenvalue weighted by Crippen LogP contribution is -2.26. The molecule has 0 spiro atoms. The average molecular weight is 399 g/mol. The van der Waals surface area contributed by atoms with Gasteiger partial charge in [0.1, 0.15) is 11.6 Å². The van der Waals surface area contributed by atoms with Gasteiger partial charge in [0, 0.05) is 5.56 Å². The molecule has 0 aliphatic rings. The standard InChI is InChI=1S/C16H15FINO2/c1-9-3-4-11(7-13(9)17)10(2)19-16(21)12-5-6-14(18)15(20)8-12/h3-8,10,20H,1-2H3,(H,19,21). The van der Waals surface area contributed by atoms with Crippen molar-refractivity contribution in [2.24, 2.45) is 0 Å². The maximum atomic E-state index is 13.6. The number of benzene rings is 2. The molecule has 0 aliphatic carbocycles. The summed E-state index contributed by atoms with van der Waals surface area (Å²) in [5.74, 6) is -0.534. The predicted octanol–water partition coefficient (Wildman–Crippen LogP) is 3.94. The Balaban J connectivity index is 2.14. The zero-order chi connectivity index (χ0) is 15.6. The Bertz CT molecular complexity index is 688. The number of hydrogen-bond acceptors (Lipinski definition) is 2. The fraction of sp³-hybridized carbons (Fsp3) is 0.188. The summed E-state index contributed by atoms with van der Waals surface area (Å²) in [6.45, 7) is 3.48. The van der Waals surface area contributed by atoms with Gasteiger partial charge in [-0.2, -0.15) is 0 Å². The number of halogens is 2. The molecule has 0 aromatic heterocycles. The van der Waals surface area contributed by atoms with Crippen molar-refractivity contribution in [3.63, 3.8) is 0 Å². The fourth-order valence-electron chi connectivity index (χ4n) is 1.90. The highest BCUT2D eigenvalue weighted by Gasteiger charge is 2.13. The van der Waals surface area contributed by atoms with Crippen LogP contribution in [0, 0.1) is 16.3 Å². The summed E-state index contributed by atoms with van der Waals surface area (Å²) in [7, 11) is 0. The molecule has 0 aliphatic heterocycles. The van der Waals surface area contributed by atoms with Gasteiger partial charge in [-0.1, -0.05) is 12.1 Å². The van der Waals surface area contributed by atoms with Crippen LogP contribution in [0.25, 0.3) is 0 Å². The molecule has 0 bridgehead atoms. The van der Waals surface area contributed by atoms with Crippen LogP contribution in [0.1, 0.15) is 34.5 Å². The zero-order valence-electron chi connectivity index (χ0n) is 11.7. The van der Waals surface area contributed by atoms with E-state index in [4.69, 9.17) is 0 Å². The van der Waals surface area contributed by atoms with E-state index in [1.54, 1.807) is 38.1 Å². The minimum Gasteiger partial charge on any atom is -0.507 e. The number of carbonyl (C=O) groups excluding carboxylic acids is 1. The van der Waals surface area contributed by atoms with Gasteiger partial charge in [-0.25, -0.2) is 4.39 Å². The van der Waals surface area contributed by atoms with Gasteiger partial charge in [0.15, 0.2) is 0 Å². The quantitative estimate of drug-likeness (QED) is 0.769. The van der Waals surface area contributed by atoms with Gasteiger partial charge in [-0.15, -0.1) is 0 Å². The van der Waals surface area contributed by atoms with Gasteiger partial charge in [-0.05, 0) is 71.8 Å². The molecule has 2 N–H and O–H groups in total. The summed E-state index contributed by atoms with van der Waals surface area (Å²) < 4.78 is 14.2. The summed E-state index contributed by atoms with van der Waals surface area (Å²) >= 11 is 1.98. The van der Waals surface area contributed by atoms with Gasteiger partial charge < -0.3 is 10.4 Å². The Morgan fingerprint density at radius 1 is 1.29 bits per heavy atom. The molecule has 1 atom stereocenters. The van der Waals surface area contributed by atoms with Crippen LogP contribution in [0.4, 0.5) is 4.39 Å². The number of nitrogens with one attached hydrogen (secondary N) is 1. The number of phenolic OH excluding ortho intramolecular Hbond substituents is 1. The first-order chi connectivity index (χ1) is 9.88. The third kappa shape index (κ3) is 3.72. The van der Waals surface area contributed by atoms with E-state index >= 15 is 0 Å². The Labute approximate surface area is 136 Å². The summed E-state index contributed by atoms with van der Waals surface area (Å²) in [4.78, 5) is 12.1. The molecule has 1 amide bonds. The van der Waals surface area contributed by atoms with E-state index in [0.717, 1.165) is 0 Å². The van der Waals surface area contributed by atoms with Crippen LogP contribution < -0.4 is 5.32 Å². The number of hydrogen-bond donors (Lipinski definition) is 2. The van der Waals surface area contributed by atoms with Gasteiger partial charge in [0.2, 0.25) is 0 Å². The summed E-state index contributed by atoms with van der Waals surface area (Å²) in [5, 5.41) is 12.4. The monoisotopic (exact) mass is 399 g/mol. The predicted molar refractivity (Wildman–Crippen MR) is 87.8 cm³/mol. The van der Waals surface area contributed by atoms with Crippen molar-refractivity contribution in [3.05, 3.63) is 62.5 Å². The van der Waals surface area contributed by atoms with E-state index in [1.165, 1.54) is 12.1 Å². The molecule has 0 saturated carbocycles. The van der Waals surface area contributed by atoms with Gasteiger partial charge >= 0.3 is 0 Å². The molecule has 0 fully saturated rings. The first-order valence-corrected chi connectivity index (χ1v) is 7.52. The topological polar surface area (TPSA) is 49.3 Å². The van der Waals surface area contributed by atoms with E-state index < -0.39 is 0 Å². The molecule has 5 heteroatoms. The number of rotatable bonds is 3. The van der Waals surface area contributed by atoms with Crippen molar-refractivity contribution in [3.8, 4) is 5.75 Å². The van der Waals surface area contributed by atoms with E-state index in [9.17, 15) is 14.3 Å². The van der Waals surface area contributed by atoms with Crippen LogP contribution in [-0.4, -0.2) is 11.0 Å². The first-order valence-electron chi connectivity index (χ1n) is 6.44. The lowest BCUT2D eigenvalue weighted by Gasteiger charge is -2.15. The van der Waals surface area contributed by atoms with Crippen molar-refractivity contribution in [2.75, 3.05) is 0 Å². The van der Waals surface area contributed by atoms with Crippen LogP contribution in [0.3, 0.4) is 0 Å². The highest BCUT2D eigenvalue weighted by atomic mass is 127. The van der Waals surface area contributed by atoms with Crippen LogP contribution in [-0.2, 0) is 0 Å². The second-order valence-electron chi connectivity index (χ2n) is 4.87. The number of carbonyl (C=O) groups is 1. The second-order valence-corrected chi connectivity index (χ2v) is 6.03. The zero-order valence-corrected chi connectivity index (χ0v) is 13.8. The van der Waals surface area contributed by atoms with Crippen LogP contribution in [0.5, 0.6) is 5.75 Å². The van der Waals surface area contributed by atoms with E-state index in [0.29, 0.717) is 20.3 Å². The largest absolute Gasteiger partial charge is 0.507 e. The van der Waals surface area contributed by atoms with E-state index in [1.807, 2.05) is 22.6 Å². The molecular formula is C16H15FINO2. The molecular weight excluding hydrogens is 384 g/mol. The van der Waals surface area contributed by atoms with Crippen LogP contribution in [0.2, 0.25) is 0 Å². The molecule has 2 rings (SSSR count). The second kappa shape index (κ2) is 6.43. The maximum absolute atomic E-state index is 13.6. The summed E-state index contributed by atoms with van der Waals surface area (Å²) in [6.07, 6.45) is 0. The van der Waals surface area contributed by atoms with Gasteiger partial charge in [-0.3, -0.25) is 4.79 Å². The molecule has 2 aromatic rings. The number of phenols is 1. The molecule has 110 valence electrons. The van der Waals surface area contributed by atoms with Crippen molar-refractivity contribution in [2.45, 2.75) is 19.9 Å². The Morgan fingerprint density at radius 2 is 2.00 bits per heavy atom. The van der Waals surface area contributed by atoms with E-state index in [-0.39, 0.29) is 23.5 Å². The minimum atomic E-state index is -0.325. The lowest BCUT2D eigenvalue weighted by atomic mass is 10.1. The first kappa shape index (κ1) is 15.8. The Morgan fingerprint density at radius 3 is 2.62 bits per heavy atom.